The summed E-state index contributed by atoms with van der Waals surface area (Å²) in [6, 6.07) is 15.2. The van der Waals surface area contributed by atoms with Gasteiger partial charge in [-0.25, -0.2) is 4.79 Å². The molecule has 1 saturated heterocycles. The van der Waals surface area contributed by atoms with Gasteiger partial charge in [-0.15, -0.1) is 0 Å². The predicted molar refractivity (Wildman–Crippen MR) is 120 cm³/mol. The van der Waals surface area contributed by atoms with Crippen molar-refractivity contribution in [2.45, 2.75) is 0 Å². The van der Waals surface area contributed by atoms with Gasteiger partial charge in [-0.05, 0) is 36.4 Å². The number of nitro groups is 1. The van der Waals surface area contributed by atoms with Crippen molar-refractivity contribution in [2.75, 3.05) is 4.90 Å². The maximum atomic E-state index is 12.8. The number of thiocarbonyl (C=S) groups is 1. The number of nitrogens with zero attached hydrogens (tertiary/aromatic N) is 2. The monoisotopic (exact) mass is 452 g/mol. The van der Waals surface area contributed by atoms with E-state index >= 15 is 0 Å². The lowest BCUT2D eigenvalue weighted by molar-refractivity contribution is -0.384. The van der Waals surface area contributed by atoms with Crippen LogP contribution in [-0.4, -0.2) is 26.2 Å². The maximum Gasteiger partial charge on any atom is 0.335 e. The molecule has 4 rings (SSSR count). The van der Waals surface area contributed by atoms with Crippen molar-refractivity contribution >= 4 is 57.6 Å². The number of anilines is 1. The summed E-state index contributed by atoms with van der Waals surface area (Å²) in [6.07, 6.45) is 1.57. The van der Waals surface area contributed by atoms with E-state index in [2.05, 4.69) is 0 Å². The van der Waals surface area contributed by atoms with Gasteiger partial charge in [0.05, 0.1) is 21.1 Å². The number of carbonyl (C=O) groups excluding carboxylic acids is 1. The molecule has 0 radical (unpaired) electrons. The molecule has 0 atom stereocenters. The highest BCUT2D eigenvalue weighted by atomic mass is 32.2. The fraction of sp³-hybridized carbons (Fsp3) is 0. The largest absolute Gasteiger partial charge is 0.478 e. The van der Waals surface area contributed by atoms with Crippen LogP contribution >= 0.6 is 24.0 Å². The lowest BCUT2D eigenvalue weighted by Crippen LogP contribution is -2.27. The molecule has 3 aromatic rings. The van der Waals surface area contributed by atoms with E-state index in [0.717, 1.165) is 11.8 Å². The van der Waals surface area contributed by atoms with Crippen molar-refractivity contribution < 1.29 is 24.0 Å². The van der Waals surface area contributed by atoms with Crippen LogP contribution in [0.2, 0.25) is 0 Å². The van der Waals surface area contributed by atoms with Crippen molar-refractivity contribution in [1.29, 1.82) is 0 Å². The van der Waals surface area contributed by atoms with Gasteiger partial charge < -0.3 is 9.52 Å². The lowest BCUT2D eigenvalue weighted by Gasteiger charge is -2.13. The molecule has 0 saturated carbocycles. The summed E-state index contributed by atoms with van der Waals surface area (Å²) in [5, 5.41) is 19.8. The van der Waals surface area contributed by atoms with Crippen molar-refractivity contribution in [3.05, 3.63) is 87.0 Å². The van der Waals surface area contributed by atoms with Crippen LogP contribution < -0.4 is 4.90 Å². The number of carboxylic acids is 1. The van der Waals surface area contributed by atoms with Crippen LogP contribution in [0, 0.1) is 10.1 Å². The number of rotatable bonds is 5. The molecule has 0 bridgehead atoms. The third-order valence-electron chi connectivity index (χ3n) is 4.43. The van der Waals surface area contributed by atoms with E-state index in [0.29, 0.717) is 32.0 Å². The Morgan fingerprint density at radius 3 is 2.39 bits per heavy atom. The maximum absolute atomic E-state index is 12.8. The molecule has 1 fully saturated rings. The Morgan fingerprint density at radius 1 is 1.10 bits per heavy atom. The van der Waals surface area contributed by atoms with E-state index in [1.54, 1.807) is 30.3 Å². The Morgan fingerprint density at radius 2 is 1.77 bits per heavy atom. The van der Waals surface area contributed by atoms with Crippen molar-refractivity contribution in [2.24, 2.45) is 0 Å². The zero-order valence-electron chi connectivity index (χ0n) is 15.6. The first-order valence-corrected chi connectivity index (χ1v) is 10.0. The summed E-state index contributed by atoms with van der Waals surface area (Å²) in [5.41, 5.74) is 1.23. The second-order valence-electron chi connectivity index (χ2n) is 6.38. The molecule has 8 nitrogen and oxygen atoms in total. The molecule has 1 N–H and O–H groups in total. The second kappa shape index (κ2) is 8.17. The summed E-state index contributed by atoms with van der Waals surface area (Å²) in [6.45, 7) is 0. The smallest absolute Gasteiger partial charge is 0.335 e. The van der Waals surface area contributed by atoms with Crippen LogP contribution in [0.1, 0.15) is 16.1 Å². The molecule has 1 aliphatic heterocycles. The first-order valence-electron chi connectivity index (χ1n) is 8.79. The SMILES string of the molecule is O=C(O)c1ccc(-c2ccc(/C=C3/SC(=S)N(c4ccc([N+](=O)[O-])cc4)C3=O)o2)cc1. The fourth-order valence-corrected chi connectivity index (χ4v) is 4.18. The summed E-state index contributed by atoms with van der Waals surface area (Å²) in [5.74, 6) is -0.412. The Labute approximate surface area is 184 Å². The van der Waals surface area contributed by atoms with E-state index in [1.165, 1.54) is 41.3 Å². The van der Waals surface area contributed by atoms with Crippen molar-refractivity contribution in [3.8, 4) is 11.3 Å². The summed E-state index contributed by atoms with van der Waals surface area (Å²) in [4.78, 5) is 35.8. The average Bonchev–Trinajstić information content (AvgIpc) is 3.32. The lowest BCUT2D eigenvalue weighted by atomic mass is 10.1. The summed E-state index contributed by atoms with van der Waals surface area (Å²) in [7, 11) is 0. The van der Waals surface area contributed by atoms with Gasteiger partial charge in [-0.2, -0.15) is 0 Å². The first kappa shape index (κ1) is 20.5. The quantitative estimate of drug-likeness (QED) is 0.250. The number of non-ortho nitro benzene ring substituents is 1. The molecular weight excluding hydrogens is 440 g/mol. The Bertz CT molecular complexity index is 1250. The van der Waals surface area contributed by atoms with Gasteiger partial charge in [0.15, 0.2) is 4.32 Å². The topological polar surface area (TPSA) is 114 Å². The van der Waals surface area contributed by atoms with Crippen LogP contribution in [0.15, 0.2) is 70.0 Å². The Kier molecular flexibility index (Phi) is 5.40. The number of hydrogen-bond donors (Lipinski definition) is 1. The molecule has 1 amide bonds. The number of nitro benzene ring substituents is 1. The number of furan rings is 1. The van der Waals surface area contributed by atoms with Gasteiger partial charge in [-0.3, -0.25) is 19.8 Å². The highest BCUT2D eigenvalue weighted by Gasteiger charge is 2.33. The number of aromatic carboxylic acids is 1. The summed E-state index contributed by atoms with van der Waals surface area (Å²) >= 11 is 6.41. The minimum Gasteiger partial charge on any atom is -0.478 e. The van der Waals surface area contributed by atoms with Crippen LogP contribution in [0.25, 0.3) is 17.4 Å². The summed E-state index contributed by atoms with van der Waals surface area (Å²) < 4.78 is 6.08. The molecular formula is C21H12N2O6S2. The molecule has 154 valence electrons. The average molecular weight is 452 g/mol. The van der Waals surface area contributed by atoms with Gasteiger partial charge in [0.2, 0.25) is 0 Å². The number of carboxylic acid groups (broad SMARTS) is 1. The van der Waals surface area contributed by atoms with Gasteiger partial charge in [0.1, 0.15) is 11.5 Å². The van der Waals surface area contributed by atoms with Crippen molar-refractivity contribution in [1.82, 2.24) is 0 Å². The number of carbonyl (C=O) groups is 2. The molecule has 0 spiro atoms. The molecule has 2 aromatic carbocycles. The molecule has 10 heteroatoms. The van der Waals surface area contributed by atoms with E-state index in [4.69, 9.17) is 21.7 Å². The van der Waals surface area contributed by atoms with Crippen LogP contribution in [0.4, 0.5) is 11.4 Å². The molecule has 0 unspecified atom stereocenters. The molecule has 0 aliphatic carbocycles. The van der Waals surface area contributed by atoms with E-state index in [-0.39, 0.29) is 17.2 Å². The fourth-order valence-electron chi connectivity index (χ4n) is 2.91. The normalized spacial score (nSPS) is 15.0. The highest BCUT2D eigenvalue weighted by Crippen LogP contribution is 2.37. The predicted octanol–water partition coefficient (Wildman–Crippen LogP) is 4.96. The van der Waals surface area contributed by atoms with Gasteiger partial charge >= 0.3 is 5.97 Å². The number of thioether (sulfide) groups is 1. The molecule has 2 heterocycles. The van der Waals surface area contributed by atoms with Crippen LogP contribution in [-0.2, 0) is 4.79 Å². The number of amides is 1. The minimum absolute atomic E-state index is 0.0794. The van der Waals surface area contributed by atoms with Gasteiger partial charge in [0.25, 0.3) is 11.6 Å². The third-order valence-corrected chi connectivity index (χ3v) is 5.73. The number of hydrogen-bond acceptors (Lipinski definition) is 7. The Balaban J connectivity index is 1.56. The first-order chi connectivity index (χ1) is 14.8. The van der Waals surface area contributed by atoms with E-state index in [1.807, 2.05) is 0 Å². The van der Waals surface area contributed by atoms with Gasteiger partial charge in [0, 0.05) is 23.8 Å². The standard InChI is InChI=1S/C21H12N2O6S2/c24-19-18(31-21(30)22(19)14-5-7-15(8-6-14)23(27)28)11-16-9-10-17(29-16)12-1-3-13(4-2-12)20(25)26/h1-11H,(H,25,26)/b18-11+. The minimum atomic E-state index is -1.01. The van der Waals surface area contributed by atoms with Gasteiger partial charge in [-0.1, -0.05) is 36.1 Å². The second-order valence-corrected chi connectivity index (χ2v) is 8.05. The Hall–Kier alpha value is -3.76. The number of benzene rings is 2. The highest BCUT2D eigenvalue weighted by molar-refractivity contribution is 8.27. The van der Waals surface area contributed by atoms with Crippen molar-refractivity contribution in [3.63, 3.8) is 0 Å². The van der Waals surface area contributed by atoms with Crippen LogP contribution in [0.5, 0.6) is 0 Å². The zero-order valence-corrected chi connectivity index (χ0v) is 17.2. The third kappa shape index (κ3) is 4.11. The zero-order chi connectivity index (χ0) is 22.1. The molecule has 1 aromatic heterocycles. The molecule has 31 heavy (non-hydrogen) atoms. The molecule has 1 aliphatic rings. The van der Waals surface area contributed by atoms with E-state index < -0.39 is 10.9 Å². The van der Waals surface area contributed by atoms with Crippen LogP contribution in [0.3, 0.4) is 0 Å². The van der Waals surface area contributed by atoms with E-state index in [9.17, 15) is 19.7 Å².